The lowest BCUT2D eigenvalue weighted by atomic mass is 9.73. The molecule has 0 N–H and O–H groups in total. The van der Waals surface area contributed by atoms with Gasteiger partial charge in [0.05, 0.1) is 19.3 Å². The van der Waals surface area contributed by atoms with E-state index in [9.17, 15) is 0 Å². The van der Waals surface area contributed by atoms with Gasteiger partial charge in [-0.15, -0.1) is 0 Å². The van der Waals surface area contributed by atoms with Gasteiger partial charge < -0.3 is 14.4 Å². The first-order chi connectivity index (χ1) is 12.4. The van der Waals surface area contributed by atoms with Gasteiger partial charge in [0, 0.05) is 43.2 Å². The van der Waals surface area contributed by atoms with E-state index in [1.807, 2.05) is 12.3 Å². The van der Waals surface area contributed by atoms with E-state index in [0.29, 0.717) is 12.7 Å². The third kappa shape index (κ3) is 3.70. The number of hydrogen-bond acceptors (Lipinski definition) is 4. The van der Waals surface area contributed by atoms with Crippen molar-refractivity contribution in [3.8, 4) is 0 Å². The van der Waals surface area contributed by atoms with Crippen molar-refractivity contribution in [1.29, 1.82) is 0 Å². The van der Waals surface area contributed by atoms with Crippen molar-refractivity contribution in [1.82, 2.24) is 4.98 Å². The highest BCUT2D eigenvalue weighted by Crippen LogP contribution is 2.41. The molecule has 2 atom stereocenters. The van der Waals surface area contributed by atoms with Crippen molar-refractivity contribution < 1.29 is 9.47 Å². The van der Waals surface area contributed by atoms with Gasteiger partial charge in [0.1, 0.15) is 0 Å². The molecule has 0 aliphatic carbocycles. The fourth-order valence-electron chi connectivity index (χ4n) is 4.22. The summed E-state index contributed by atoms with van der Waals surface area (Å²) in [7, 11) is 0. The number of hydrogen-bond donors (Lipinski definition) is 0. The summed E-state index contributed by atoms with van der Waals surface area (Å²) in [6.07, 6.45) is 7.36. The third-order valence-electron chi connectivity index (χ3n) is 5.49. The van der Waals surface area contributed by atoms with E-state index in [4.69, 9.17) is 9.47 Å². The van der Waals surface area contributed by atoms with Gasteiger partial charge in [-0.05, 0) is 43.0 Å². The zero-order valence-electron chi connectivity index (χ0n) is 14.6. The van der Waals surface area contributed by atoms with Crippen molar-refractivity contribution in [3.63, 3.8) is 0 Å². The van der Waals surface area contributed by atoms with Gasteiger partial charge in [-0.1, -0.05) is 24.3 Å². The molecule has 25 heavy (non-hydrogen) atoms. The van der Waals surface area contributed by atoms with Crippen LogP contribution in [0.1, 0.15) is 24.8 Å². The Morgan fingerprint density at radius 1 is 1.20 bits per heavy atom. The maximum atomic E-state index is 6.16. The van der Waals surface area contributed by atoms with Gasteiger partial charge in [0.25, 0.3) is 0 Å². The molecule has 4 nitrogen and oxygen atoms in total. The average Bonchev–Trinajstić information content (AvgIpc) is 2.69. The molecule has 1 aromatic carbocycles. The Hall–Kier alpha value is -1.91. The van der Waals surface area contributed by atoms with Crippen LogP contribution in [0.4, 0.5) is 5.69 Å². The maximum absolute atomic E-state index is 6.16. The van der Waals surface area contributed by atoms with E-state index >= 15 is 0 Å². The molecule has 0 saturated carbocycles. The van der Waals surface area contributed by atoms with Gasteiger partial charge in [-0.25, -0.2) is 0 Å². The number of piperidine rings is 1. The molecule has 4 rings (SSSR count). The van der Waals surface area contributed by atoms with E-state index in [1.54, 1.807) is 6.20 Å². The van der Waals surface area contributed by atoms with Crippen molar-refractivity contribution in [3.05, 3.63) is 60.4 Å². The van der Waals surface area contributed by atoms with Crippen LogP contribution in [-0.2, 0) is 16.1 Å². The molecule has 0 radical (unpaired) electrons. The summed E-state index contributed by atoms with van der Waals surface area (Å²) in [5, 5.41) is 0. The van der Waals surface area contributed by atoms with Gasteiger partial charge in [-0.3, -0.25) is 4.98 Å². The van der Waals surface area contributed by atoms with Crippen LogP contribution in [0.2, 0.25) is 0 Å². The van der Waals surface area contributed by atoms with Crippen LogP contribution in [0.5, 0.6) is 0 Å². The molecule has 3 heterocycles. The first-order valence-electron chi connectivity index (χ1n) is 9.24. The standard InChI is InChI=1S/C21H26N2O2/c1-2-7-19(8-3-1)23-12-9-20-21(16-23,10-5-13-25-20)17-24-15-18-6-4-11-22-14-18/h1-4,6-8,11,14,20H,5,9-10,12-13,15-17H2. The average molecular weight is 338 g/mol. The van der Waals surface area contributed by atoms with Gasteiger partial charge >= 0.3 is 0 Å². The molecule has 0 bridgehead atoms. The largest absolute Gasteiger partial charge is 0.377 e. The number of benzene rings is 1. The van der Waals surface area contributed by atoms with Crippen molar-refractivity contribution in [2.75, 3.05) is 31.2 Å². The number of aromatic nitrogens is 1. The summed E-state index contributed by atoms with van der Waals surface area (Å²) in [5.41, 5.74) is 2.52. The van der Waals surface area contributed by atoms with E-state index in [2.05, 4.69) is 46.3 Å². The SMILES string of the molecule is c1ccc(N2CCC3OCCCC3(COCc3cccnc3)C2)cc1. The van der Waals surface area contributed by atoms with Gasteiger partial charge in [-0.2, -0.15) is 0 Å². The molecule has 4 heteroatoms. The van der Waals surface area contributed by atoms with Crippen LogP contribution in [0.25, 0.3) is 0 Å². The molecule has 2 aromatic rings. The number of anilines is 1. The van der Waals surface area contributed by atoms with E-state index < -0.39 is 0 Å². The molecular weight excluding hydrogens is 312 g/mol. The number of ether oxygens (including phenoxy) is 2. The molecular formula is C21H26N2O2. The van der Waals surface area contributed by atoms with Crippen molar-refractivity contribution >= 4 is 5.69 Å². The van der Waals surface area contributed by atoms with E-state index in [1.165, 1.54) is 12.1 Å². The number of pyridine rings is 1. The molecule has 2 aliphatic rings. The number of rotatable bonds is 5. The lowest BCUT2D eigenvalue weighted by Gasteiger charge is -2.51. The predicted octanol–water partition coefficient (Wildman–Crippen LogP) is 3.67. The Bertz CT molecular complexity index is 664. The molecule has 1 aromatic heterocycles. The number of nitrogens with zero attached hydrogens (tertiary/aromatic N) is 2. The second kappa shape index (κ2) is 7.54. The lowest BCUT2D eigenvalue weighted by molar-refractivity contribution is -0.127. The van der Waals surface area contributed by atoms with E-state index in [-0.39, 0.29) is 5.41 Å². The predicted molar refractivity (Wildman–Crippen MR) is 98.6 cm³/mol. The summed E-state index contributed by atoms with van der Waals surface area (Å²) in [6.45, 7) is 4.32. The molecule has 0 amide bonds. The minimum Gasteiger partial charge on any atom is -0.377 e. The third-order valence-corrected chi connectivity index (χ3v) is 5.49. The fourth-order valence-corrected chi connectivity index (χ4v) is 4.22. The summed E-state index contributed by atoms with van der Waals surface area (Å²) >= 11 is 0. The minimum absolute atomic E-state index is 0.0918. The zero-order chi connectivity index (χ0) is 17.0. The van der Waals surface area contributed by atoms with E-state index in [0.717, 1.165) is 44.7 Å². The van der Waals surface area contributed by atoms with Gasteiger partial charge in [0.2, 0.25) is 0 Å². The number of fused-ring (bicyclic) bond motifs is 1. The molecule has 2 aliphatic heterocycles. The van der Waals surface area contributed by atoms with Crippen LogP contribution >= 0.6 is 0 Å². The Kier molecular flexibility index (Phi) is 4.99. The van der Waals surface area contributed by atoms with Gasteiger partial charge in [0.15, 0.2) is 0 Å². The van der Waals surface area contributed by atoms with Crippen molar-refractivity contribution in [2.45, 2.75) is 32.0 Å². The first-order valence-corrected chi connectivity index (χ1v) is 9.24. The topological polar surface area (TPSA) is 34.6 Å². The normalized spacial score (nSPS) is 26.2. The zero-order valence-corrected chi connectivity index (χ0v) is 14.6. The molecule has 0 spiro atoms. The second-order valence-corrected chi connectivity index (χ2v) is 7.23. The van der Waals surface area contributed by atoms with Crippen LogP contribution in [-0.4, -0.2) is 37.4 Å². The van der Waals surface area contributed by atoms with Crippen LogP contribution in [0.3, 0.4) is 0 Å². The highest BCUT2D eigenvalue weighted by atomic mass is 16.5. The molecule has 132 valence electrons. The van der Waals surface area contributed by atoms with Crippen LogP contribution in [0, 0.1) is 5.41 Å². The Morgan fingerprint density at radius 3 is 2.96 bits per heavy atom. The second-order valence-electron chi connectivity index (χ2n) is 7.23. The monoisotopic (exact) mass is 338 g/mol. The Balaban J connectivity index is 1.46. The minimum atomic E-state index is 0.0918. The molecule has 2 saturated heterocycles. The van der Waals surface area contributed by atoms with Crippen molar-refractivity contribution in [2.24, 2.45) is 5.41 Å². The summed E-state index contributed by atoms with van der Waals surface area (Å²) in [4.78, 5) is 6.67. The Morgan fingerprint density at radius 2 is 2.12 bits per heavy atom. The highest BCUT2D eigenvalue weighted by molar-refractivity contribution is 5.47. The Labute approximate surface area is 149 Å². The van der Waals surface area contributed by atoms with Crippen LogP contribution < -0.4 is 4.90 Å². The number of para-hydroxylation sites is 1. The summed E-state index contributed by atoms with van der Waals surface area (Å²) < 4.78 is 12.3. The summed E-state index contributed by atoms with van der Waals surface area (Å²) in [6, 6.07) is 14.7. The quantitative estimate of drug-likeness (QED) is 0.833. The van der Waals surface area contributed by atoms with Crippen LogP contribution in [0.15, 0.2) is 54.9 Å². The highest BCUT2D eigenvalue weighted by Gasteiger charge is 2.46. The smallest absolute Gasteiger partial charge is 0.0732 e. The molecule has 2 unspecified atom stereocenters. The molecule has 2 fully saturated rings. The summed E-state index contributed by atoms with van der Waals surface area (Å²) in [5.74, 6) is 0. The maximum Gasteiger partial charge on any atom is 0.0732 e. The fraction of sp³-hybridized carbons (Fsp3) is 0.476. The lowest BCUT2D eigenvalue weighted by Crippen LogP contribution is -2.57. The first kappa shape index (κ1) is 16.6.